The zero-order valence-corrected chi connectivity index (χ0v) is 14.6. The Morgan fingerprint density at radius 2 is 1.62 bits per heavy atom. The Balaban J connectivity index is 1.99. The van der Waals surface area contributed by atoms with Crippen molar-refractivity contribution in [1.29, 1.82) is 0 Å². The lowest BCUT2D eigenvalue weighted by atomic mass is 10.00. The van der Waals surface area contributed by atoms with E-state index in [2.05, 4.69) is 6.58 Å². The van der Waals surface area contributed by atoms with E-state index in [0.29, 0.717) is 22.6 Å². The molecule has 0 radical (unpaired) electrons. The van der Waals surface area contributed by atoms with Gasteiger partial charge < -0.3 is 9.47 Å². The number of hydrogen-bond acceptors (Lipinski definition) is 5. The molecule has 0 atom stereocenters. The molecule has 0 aromatic heterocycles. The Morgan fingerprint density at radius 3 is 2.27 bits per heavy atom. The average Bonchev–Trinajstić information content (AvgIpc) is 2.66. The number of ketones is 3. The maximum atomic E-state index is 12.4. The van der Waals surface area contributed by atoms with Crippen molar-refractivity contribution >= 4 is 17.3 Å². The minimum absolute atomic E-state index is 0.258. The molecule has 0 aliphatic carbocycles. The summed E-state index contributed by atoms with van der Waals surface area (Å²) < 4.78 is 10.5. The molecule has 0 saturated carbocycles. The van der Waals surface area contributed by atoms with Crippen molar-refractivity contribution in [3.8, 4) is 11.5 Å². The first-order chi connectivity index (χ1) is 12.5. The fourth-order valence-electron chi connectivity index (χ4n) is 2.37. The predicted molar refractivity (Wildman–Crippen MR) is 98.0 cm³/mol. The molecule has 5 heteroatoms. The van der Waals surface area contributed by atoms with Crippen molar-refractivity contribution in [2.24, 2.45) is 0 Å². The van der Waals surface area contributed by atoms with Crippen LogP contribution < -0.4 is 9.47 Å². The van der Waals surface area contributed by atoms with E-state index in [1.807, 2.05) is 0 Å². The summed E-state index contributed by atoms with van der Waals surface area (Å²) in [6.07, 6.45) is 0.893. The van der Waals surface area contributed by atoms with Crippen LogP contribution >= 0.6 is 0 Å². The van der Waals surface area contributed by atoms with E-state index in [-0.39, 0.29) is 31.0 Å². The van der Waals surface area contributed by atoms with Gasteiger partial charge >= 0.3 is 0 Å². The van der Waals surface area contributed by atoms with Gasteiger partial charge in [0.15, 0.2) is 11.6 Å². The van der Waals surface area contributed by atoms with Crippen molar-refractivity contribution in [3.63, 3.8) is 0 Å². The molecule has 0 amide bonds. The zero-order valence-electron chi connectivity index (χ0n) is 14.6. The van der Waals surface area contributed by atoms with Crippen LogP contribution in [0.3, 0.4) is 0 Å². The molecule has 2 rings (SSSR count). The van der Waals surface area contributed by atoms with Gasteiger partial charge in [-0.25, -0.2) is 0 Å². The van der Waals surface area contributed by atoms with Gasteiger partial charge in [-0.2, -0.15) is 0 Å². The minimum Gasteiger partial charge on any atom is -0.497 e. The standard InChI is InChI=1S/C21H20O5/c1-3-12-26-21-7-5-4-6-18(21)20(24)14-16(22)13-19(23)15-8-10-17(25-2)11-9-15/h3-11H,1,12-14H2,2H3. The molecule has 2 aromatic rings. The van der Waals surface area contributed by atoms with E-state index >= 15 is 0 Å². The average molecular weight is 352 g/mol. The summed E-state index contributed by atoms with van der Waals surface area (Å²) in [5.74, 6) is -0.126. The SMILES string of the molecule is C=CCOc1ccccc1C(=O)CC(=O)CC(=O)c1ccc(OC)cc1. The third-order valence-corrected chi connectivity index (χ3v) is 3.67. The Hall–Kier alpha value is -3.21. The van der Waals surface area contributed by atoms with Gasteiger partial charge in [0.2, 0.25) is 0 Å². The summed E-state index contributed by atoms with van der Waals surface area (Å²) in [6, 6.07) is 13.2. The second kappa shape index (κ2) is 9.32. The second-order valence-electron chi connectivity index (χ2n) is 5.56. The predicted octanol–water partition coefficient (Wildman–Crippen LogP) is 3.67. The molecule has 0 saturated heterocycles. The molecule has 0 N–H and O–H groups in total. The third kappa shape index (κ3) is 5.14. The van der Waals surface area contributed by atoms with Gasteiger partial charge in [0.1, 0.15) is 23.9 Å². The van der Waals surface area contributed by atoms with E-state index in [1.54, 1.807) is 54.6 Å². The van der Waals surface area contributed by atoms with Crippen LogP contribution in [-0.4, -0.2) is 31.1 Å². The monoisotopic (exact) mass is 352 g/mol. The Morgan fingerprint density at radius 1 is 0.962 bits per heavy atom. The van der Waals surface area contributed by atoms with E-state index < -0.39 is 5.78 Å². The lowest BCUT2D eigenvalue weighted by molar-refractivity contribution is -0.117. The molecule has 0 aliphatic heterocycles. The van der Waals surface area contributed by atoms with Crippen LogP contribution in [-0.2, 0) is 4.79 Å². The number of methoxy groups -OCH3 is 1. The maximum Gasteiger partial charge on any atom is 0.173 e. The van der Waals surface area contributed by atoms with Gasteiger partial charge in [-0.3, -0.25) is 14.4 Å². The zero-order chi connectivity index (χ0) is 18.9. The molecule has 26 heavy (non-hydrogen) atoms. The molecule has 0 aliphatic rings. The van der Waals surface area contributed by atoms with Gasteiger partial charge in [0.05, 0.1) is 25.5 Å². The first kappa shape index (κ1) is 19.1. The van der Waals surface area contributed by atoms with Crippen LogP contribution in [0.25, 0.3) is 0 Å². The molecule has 5 nitrogen and oxygen atoms in total. The first-order valence-corrected chi connectivity index (χ1v) is 8.10. The number of Topliss-reactive ketones (excluding diaryl/α,β-unsaturated/α-hetero) is 3. The van der Waals surface area contributed by atoms with Crippen LogP contribution in [0.5, 0.6) is 11.5 Å². The Labute approximate surface area is 152 Å². The fraction of sp³-hybridized carbons (Fsp3) is 0.190. The van der Waals surface area contributed by atoms with E-state index in [9.17, 15) is 14.4 Å². The lowest BCUT2D eigenvalue weighted by Gasteiger charge is -2.09. The highest BCUT2D eigenvalue weighted by atomic mass is 16.5. The van der Waals surface area contributed by atoms with Crippen molar-refractivity contribution in [1.82, 2.24) is 0 Å². The Kier molecular flexibility index (Phi) is 6.85. The molecule has 0 heterocycles. The van der Waals surface area contributed by atoms with Crippen LogP contribution in [0.15, 0.2) is 61.2 Å². The molecule has 2 aromatic carbocycles. The van der Waals surface area contributed by atoms with Crippen molar-refractivity contribution < 1.29 is 23.9 Å². The molecule has 0 fully saturated rings. The summed E-state index contributed by atoms with van der Waals surface area (Å²) in [4.78, 5) is 36.7. The van der Waals surface area contributed by atoms with Gasteiger partial charge in [-0.15, -0.1) is 0 Å². The van der Waals surface area contributed by atoms with Gasteiger partial charge in [-0.1, -0.05) is 24.8 Å². The Bertz CT molecular complexity index is 805. The summed E-state index contributed by atoms with van der Waals surface area (Å²) in [5.41, 5.74) is 0.723. The number of benzene rings is 2. The molecular weight excluding hydrogens is 332 g/mol. The molecule has 0 bridgehead atoms. The molecular formula is C21H20O5. The topological polar surface area (TPSA) is 69.7 Å². The number of rotatable bonds is 10. The van der Waals surface area contributed by atoms with Crippen LogP contribution in [0.1, 0.15) is 33.6 Å². The van der Waals surface area contributed by atoms with E-state index in [4.69, 9.17) is 9.47 Å². The van der Waals surface area contributed by atoms with Crippen molar-refractivity contribution in [2.75, 3.05) is 13.7 Å². The quantitative estimate of drug-likeness (QED) is 0.371. The summed E-state index contributed by atoms with van der Waals surface area (Å²) in [6.45, 7) is 3.82. The number of ether oxygens (including phenoxy) is 2. The smallest absolute Gasteiger partial charge is 0.173 e. The highest BCUT2D eigenvalue weighted by molar-refractivity contribution is 6.16. The lowest BCUT2D eigenvalue weighted by Crippen LogP contribution is -2.14. The minimum atomic E-state index is -0.436. The largest absolute Gasteiger partial charge is 0.497 e. The summed E-state index contributed by atoms with van der Waals surface area (Å²) >= 11 is 0. The van der Waals surface area contributed by atoms with Crippen molar-refractivity contribution in [2.45, 2.75) is 12.8 Å². The second-order valence-corrected chi connectivity index (χ2v) is 5.56. The van der Waals surface area contributed by atoms with E-state index in [0.717, 1.165) is 0 Å². The van der Waals surface area contributed by atoms with E-state index in [1.165, 1.54) is 7.11 Å². The van der Waals surface area contributed by atoms with Crippen LogP contribution in [0.4, 0.5) is 0 Å². The van der Waals surface area contributed by atoms with Crippen LogP contribution in [0, 0.1) is 0 Å². The normalized spacial score (nSPS) is 10.0. The van der Waals surface area contributed by atoms with Crippen molar-refractivity contribution in [3.05, 3.63) is 72.3 Å². The molecule has 134 valence electrons. The summed E-state index contributed by atoms with van der Waals surface area (Å²) in [7, 11) is 1.53. The third-order valence-electron chi connectivity index (χ3n) is 3.67. The summed E-state index contributed by atoms with van der Waals surface area (Å²) in [5, 5.41) is 0. The highest BCUT2D eigenvalue weighted by Crippen LogP contribution is 2.20. The fourth-order valence-corrected chi connectivity index (χ4v) is 2.37. The van der Waals surface area contributed by atoms with Gasteiger partial charge in [-0.05, 0) is 36.4 Å². The number of carbonyl (C=O) groups excluding carboxylic acids is 3. The number of carbonyl (C=O) groups is 3. The van der Waals surface area contributed by atoms with Crippen LogP contribution in [0.2, 0.25) is 0 Å². The molecule has 0 spiro atoms. The maximum absolute atomic E-state index is 12.4. The highest BCUT2D eigenvalue weighted by Gasteiger charge is 2.19. The molecule has 0 unspecified atom stereocenters. The first-order valence-electron chi connectivity index (χ1n) is 8.10. The number of hydrogen-bond donors (Lipinski definition) is 0. The number of para-hydroxylation sites is 1. The van der Waals surface area contributed by atoms with Gasteiger partial charge in [0.25, 0.3) is 0 Å². The van der Waals surface area contributed by atoms with Gasteiger partial charge in [0, 0.05) is 5.56 Å².